The third-order valence-corrected chi connectivity index (χ3v) is 6.17. The fourth-order valence-corrected chi connectivity index (χ4v) is 4.22. The van der Waals surface area contributed by atoms with Crippen molar-refractivity contribution in [1.82, 2.24) is 0 Å². The summed E-state index contributed by atoms with van der Waals surface area (Å²) in [6.07, 6.45) is -3.25. The topological polar surface area (TPSA) is 56.8 Å². The van der Waals surface area contributed by atoms with Crippen LogP contribution >= 0.6 is 0 Å². The summed E-state index contributed by atoms with van der Waals surface area (Å²) in [5.41, 5.74) is -0.0402. The maximum Gasteiger partial charge on any atom is 0.417 e. The lowest BCUT2D eigenvalue weighted by Crippen LogP contribution is -2.27. The number of anilines is 1. The van der Waals surface area contributed by atoms with E-state index < -0.39 is 17.2 Å². The average molecular weight is 471 g/mol. The van der Waals surface area contributed by atoms with Crippen molar-refractivity contribution >= 4 is 11.6 Å². The van der Waals surface area contributed by atoms with Crippen molar-refractivity contribution in [3.63, 3.8) is 0 Å². The van der Waals surface area contributed by atoms with Crippen LogP contribution in [-0.4, -0.2) is 19.3 Å². The summed E-state index contributed by atoms with van der Waals surface area (Å²) in [6.45, 7) is 2.43. The van der Waals surface area contributed by atoms with E-state index in [0.29, 0.717) is 47.9 Å². The van der Waals surface area contributed by atoms with Gasteiger partial charge >= 0.3 is 6.18 Å². The molecule has 1 amide bonds. The number of benzene rings is 3. The Labute approximate surface area is 195 Å². The molecule has 1 N–H and O–H groups in total. The second kappa shape index (κ2) is 8.27. The van der Waals surface area contributed by atoms with Crippen molar-refractivity contribution < 1.29 is 33.6 Å². The summed E-state index contributed by atoms with van der Waals surface area (Å²) in [4.78, 5) is 13.2. The summed E-state index contributed by atoms with van der Waals surface area (Å²) in [5.74, 6) is 1.53. The predicted molar refractivity (Wildman–Crippen MR) is 122 cm³/mol. The zero-order valence-electron chi connectivity index (χ0n) is 18.4. The molecule has 8 heteroatoms. The Morgan fingerprint density at radius 3 is 2.44 bits per heavy atom. The highest BCUT2D eigenvalue weighted by Gasteiger charge is 2.51. The van der Waals surface area contributed by atoms with Crippen LogP contribution in [0.3, 0.4) is 0 Å². The van der Waals surface area contributed by atoms with Crippen LogP contribution in [0.1, 0.15) is 32.3 Å². The van der Waals surface area contributed by atoms with E-state index in [1.165, 1.54) is 12.1 Å². The van der Waals surface area contributed by atoms with Gasteiger partial charge in [-0.05, 0) is 78.9 Å². The molecular formula is C26H24F3NO4. The Kier molecular flexibility index (Phi) is 5.38. The number of rotatable bonds is 6. The van der Waals surface area contributed by atoms with E-state index in [9.17, 15) is 18.0 Å². The van der Waals surface area contributed by atoms with Crippen molar-refractivity contribution in [2.75, 3.05) is 18.7 Å². The molecule has 0 radical (unpaired) electrons. The fourth-order valence-electron chi connectivity index (χ4n) is 4.22. The van der Waals surface area contributed by atoms with Crippen molar-refractivity contribution in [2.24, 2.45) is 0 Å². The second-order valence-corrected chi connectivity index (χ2v) is 8.32. The number of hydrogen-bond donors (Lipinski definition) is 1. The third-order valence-electron chi connectivity index (χ3n) is 6.17. The number of alkyl halides is 3. The highest BCUT2D eigenvalue weighted by Crippen LogP contribution is 2.51. The van der Waals surface area contributed by atoms with Crippen LogP contribution in [0.5, 0.6) is 17.2 Å². The first kappa shape index (κ1) is 22.1. The number of carbonyl (C=O) groups excluding carboxylic acids is 1. The van der Waals surface area contributed by atoms with Crippen molar-refractivity contribution in [3.8, 4) is 28.4 Å². The van der Waals surface area contributed by atoms with Gasteiger partial charge in [-0.2, -0.15) is 13.2 Å². The normalized spacial score (nSPS) is 15.6. The quantitative estimate of drug-likeness (QED) is 0.451. The number of carbonyl (C=O) groups is 1. The van der Waals surface area contributed by atoms with Gasteiger partial charge in [0.25, 0.3) is 0 Å². The monoisotopic (exact) mass is 471 g/mol. The van der Waals surface area contributed by atoms with Crippen LogP contribution in [-0.2, 0) is 16.4 Å². The first-order chi connectivity index (χ1) is 16.3. The number of amides is 1. The van der Waals surface area contributed by atoms with Crippen molar-refractivity contribution in [2.45, 2.75) is 31.4 Å². The van der Waals surface area contributed by atoms with Gasteiger partial charge in [-0.1, -0.05) is 18.2 Å². The largest absolute Gasteiger partial charge is 0.494 e. The Balaban J connectivity index is 0.00000289. The van der Waals surface area contributed by atoms with Gasteiger partial charge in [-0.25, -0.2) is 0 Å². The van der Waals surface area contributed by atoms with E-state index in [-0.39, 0.29) is 19.7 Å². The van der Waals surface area contributed by atoms with E-state index in [1.54, 1.807) is 36.4 Å². The SMILES string of the molecule is CCOc1ccc(-c2cc(NC(=O)C3(c4ccc5c(c4)OCO5)CC3)ccc2C(F)(F)F)cc1.[HH]. The van der Waals surface area contributed by atoms with E-state index in [2.05, 4.69) is 5.32 Å². The van der Waals surface area contributed by atoms with Crippen LogP contribution in [0.15, 0.2) is 60.7 Å². The second-order valence-electron chi connectivity index (χ2n) is 8.32. The molecule has 1 saturated carbocycles. The van der Waals surface area contributed by atoms with Gasteiger partial charge in [-0.3, -0.25) is 4.79 Å². The van der Waals surface area contributed by atoms with E-state index >= 15 is 0 Å². The highest BCUT2D eigenvalue weighted by atomic mass is 19.4. The Hall–Kier alpha value is -3.68. The van der Waals surface area contributed by atoms with Crippen molar-refractivity contribution in [1.29, 1.82) is 0 Å². The molecule has 0 spiro atoms. The van der Waals surface area contributed by atoms with Crippen LogP contribution < -0.4 is 19.5 Å². The zero-order chi connectivity index (χ0) is 23.9. The van der Waals surface area contributed by atoms with Gasteiger partial charge in [0.05, 0.1) is 17.6 Å². The lowest BCUT2D eigenvalue weighted by molar-refractivity contribution is -0.137. The van der Waals surface area contributed by atoms with Crippen LogP contribution in [0, 0.1) is 0 Å². The molecule has 1 aliphatic carbocycles. The molecule has 5 rings (SSSR count). The van der Waals surface area contributed by atoms with Gasteiger partial charge in [0.15, 0.2) is 11.5 Å². The first-order valence-corrected chi connectivity index (χ1v) is 11.0. The molecule has 1 heterocycles. The zero-order valence-corrected chi connectivity index (χ0v) is 18.4. The molecule has 178 valence electrons. The van der Waals surface area contributed by atoms with Crippen molar-refractivity contribution in [3.05, 3.63) is 71.8 Å². The van der Waals surface area contributed by atoms with Crippen LogP contribution in [0.25, 0.3) is 11.1 Å². The van der Waals surface area contributed by atoms with Gasteiger partial charge in [0.1, 0.15) is 5.75 Å². The Bertz CT molecular complexity index is 1240. The standard InChI is InChI=1S/C26H22F3NO4.H2/c1-2-32-19-7-3-16(4-8-19)20-14-18(6-9-21(20)26(27,28)29)30-24(31)25(11-12-25)17-5-10-22-23(13-17)34-15-33-22;/h3-10,13-14H,2,11-12,15H2,1H3,(H,30,31);1H. The summed E-state index contributed by atoms with van der Waals surface area (Å²) in [6, 6.07) is 15.5. The van der Waals surface area contributed by atoms with E-state index in [0.717, 1.165) is 11.6 Å². The fraction of sp³-hybridized carbons (Fsp3) is 0.269. The lowest BCUT2D eigenvalue weighted by Gasteiger charge is -2.19. The molecule has 0 unspecified atom stereocenters. The molecule has 0 atom stereocenters. The molecule has 0 saturated heterocycles. The minimum atomic E-state index is -4.54. The van der Waals surface area contributed by atoms with E-state index in [1.807, 2.05) is 13.0 Å². The average Bonchev–Trinajstić information content (AvgIpc) is 3.50. The molecule has 3 aromatic carbocycles. The highest BCUT2D eigenvalue weighted by molar-refractivity contribution is 6.02. The van der Waals surface area contributed by atoms with E-state index in [4.69, 9.17) is 14.2 Å². The molecule has 34 heavy (non-hydrogen) atoms. The molecule has 5 nitrogen and oxygen atoms in total. The maximum atomic E-state index is 13.7. The predicted octanol–water partition coefficient (Wildman–Crippen LogP) is 6.42. The molecular weight excluding hydrogens is 447 g/mol. The third kappa shape index (κ3) is 4.04. The summed E-state index contributed by atoms with van der Waals surface area (Å²) in [7, 11) is 0. The molecule has 3 aromatic rings. The maximum absolute atomic E-state index is 13.7. The molecule has 1 aliphatic heterocycles. The first-order valence-electron chi connectivity index (χ1n) is 11.0. The van der Waals surface area contributed by atoms with Gasteiger partial charge in [0.2, 0.25) is 12.7 Å². The number of halogens is 3. The summed E-state index contributed by atoms with van der Waals surface area (Å²) >= 11 is 0. The number of hydrogen-bond acceptors (Lipinski definition) is 4. The number of fused-ring (bicyclic) bond motifs is 1. The molecule has 2 aliphatic rings. The van der Waals surface area contributed by atoms with Gasteiger partial charge in [0, 0.05) is 7.11 Å². The Morgan fingerprint density at radius 2 is 1.76 bits per heavy atom. The lowest BCUT2D eigenvalue weighted by atomic mass is 9.94. The van der Waals surface area contributed by atoms with Crippen LogP contribution in [0.4, 0.5) is 18.9 Å². The summed E-state index contributed by atoms with van der Waals surface area (Å²) < 4.78 is 57.3. The number of nitrogens with one attached hydrogen (secondary N) is 1. The molecule has 1 fully saturated rings. The smallest absolute Gasteiger partial charge is 0.417 e. The van der Waals surface area contributed by atoms with Crippen LogP contribution in [0.2, 0.25) is 0 Å². The Morgan fingerprint density at radius 1 is 1.03 bits per heavy atom. The minimum absolute atomic E-state index is 0. The number of ether oxygens (including phenoxy) is 3. The molecule has 0 aromatic heterocycles. The summed E-state index contributed by atoms with van der Waals surface area (Å²) in [5, 5.41) is 2.83. The minimum Gasteiger partial charge on any atom is -0.494 e. The van der Waals surface area contributed by atoms with Gasteiger partial charge in [-0.15, -0.1) is 0 Å². The van der Waals surface area contributed by atoms with Gasteiger partial charge < -0.3 is 19.5 Å². The molecule has 0 bridgehead atoms.